The van der Waals surface area contributed by atoms with Crippen molar-refractivity contribution >= 4 is 5.96 Å². The molecule has 128 valence electrons. The maximum atomic E-state index is 5.33. The second-order valence-corrected chi connectivity index (χ2v) is 6.01. The van der Waals surface area contributed by atoms with Gasteiger partial charge in [0.25, 0.3) is 0 Å². The lowest BCUT2D eigenvalue weighted by Gasteiger charge is -2.20. The minimum atomic E-state index is 0.185. The second kappa shape index (κ2) is 8.39. The molecule has 0 aliphatic carbocycles. The van der Waals surface area contributed by atoms with E-state index in [-0.39, 0.29) is 6.04 Å². The summed E-state index contributed by atoms with van der Waals surface area (Å²) in [6.45, 7) is 7.03. The minimum absolute atomic E-state index is 0.185. The second-order valence-electron chi connectivity index (χ2n) is 6.01. The molecule has 1 atom stereocenters. The van der Waals surface area contributed by atoms with Crippen molar-refractivity contribution in [1.29, 1.82) is 0 Å². The van der Waals surface area contributed by atoms with Crippen LogP contribution in [0.5, 0.6) is 5.75 Å². The van der Waals surface area contributed by atoms with E-state index >= 15 is 0 Å². The highest BCUT2D eigenvalue weighted by molar-refractivity contribution is 5.80. The maximum Gasteiger partial charge on any atom is 0.191 e. The summed E-state index contributed by atoms with van der Waals surface area (Å²) in [5.74, 6) is 1.66. The maximum absolute atomic E-state index is 5.33. The highest BCUT2D eigenvalue weighted by Gasteiger charge is 2.10. The number of rotatable bonds is 5. The van der Waals surface area contributed by atoms with E-state index < -0.39 is 0 Å². The van der Waals surface area contributed by atoms with Crippen LogP contribution in [0.4, 0.5) is 0 Å². The third-order valence-corrected chi connectivity index (χ3v) is 4.04. The van der Waals surface area contributed by atoms with Gasteiger partial charge < -0.3 is 15.4 Å². The third-order valence-electron chi connectivity index (χ3n) is 4.04. The van der Waals surface area contributed by atoms with Crippen LogP contribution < -0.4 is 15.4 Å². The average molecular weight is 325 g/mol. The number of aryl methyl sites for hydroxylation is 2. The van der Waals surface area contributed by atoms with Crippen molar-refractivity contribution in [2.45, 2.75) is 33.4 Å². The van der Waals surface area contributed by atoms with Crippen LogP contribution in [0.25, 0.3) is 0 Å². The fraction of sp³-hybridized carbons (Fsp3) is 0.350. The highest BCUT2D eigenvalue weighted by Crippen LogP contribution is 2.17. The number of hydrogen-bond acceptors (Lipinski definition) is 2. The van der Waals surface area contributed by atoms with Gasteiger partial charge >= 0.3 is 0 Å². The van der Waals surface area contributed by atoms with Crippen LogP contribution in [-0.4, -0.2) is 20.1 Å². The zero-order valence-corrected chi connectivity index (χ0v) is 15.2. The quantitative estimate of drug-likeness (QED) is 0.650. The Morgan fingerprint density at radius 2 is 1.92 bits per heavy atom. The van der Waals surface area contributed by atoms with E-state index in [4.69, 9.17) is 4.74 Å². The van der Waals surface area contributed by atoms with Crippen molar-refractivity contribution < 1.29 is 4.74 Å². The molecule has 0 bridgehead atoms. The fourth-order valence-electron chi connectivity index (χ4n) is 2.78. The van der Waals surface area contributed by atoms with Crippen LogP contribution in [0.1, 0.15) is 35.2 Å². The van der Waals surface area contributed by atoms with Gasteiger partial charge in [0.2, 0.25) is 0 Å². The van der Waals surface area contributed by atoms with Gasteiger partial charge in [-0.05, 0) is 55.2 Å². The van der Waals surface area contributed by atoms with Crippen LogP contribution in [0.15, 0.2) is 47.5 Å². The molecule has 0 aliphatic rings. The number of ether oxygens (including phenoxy) is 1. The van der Waals surface area contributed by atoms with Crippen LogP contribution in [-0.2, 0) is 6.54 Å². The van der Waals surface area contributed by atoms with Gasteiger partial charge in [-0.15, -0.1) is 0 Å². The molecule has 2 aromatic carbocycles. The Labute approximate surface area is 145 Å². The van der Waals surface area contributed by atoms with E-state index in [1.54, 1.807) is 14.2 Å². The molecule has 0 heterocycles. The molecular formula is C20H27N3O. The normalized spacial score (nSPS) is 12.6. The summed E-state index contributed by atoms with van der Waals surface area (Å²) in [6, 6.07) is 14.8. The van der Waals surface area contributed by atoms with Crippen molar-refractivity contribution in [3.05, 3.63) is 64.7 Å². The highest BCUT2D eigenvalue weighted by atomic mass is 16.5. The lowest BCUT2D eigenvalue weighted by atomic mass is 10.0. The molecule has 2 N–H and O–H groups in total. The Morgan fingerprint density at radius 3 is 2.58 bits per heavy atom. The molecule has 4 heteroatoms. The number of nitrogens with one attached hydrogen (secondary N) is 2. The van der Waals surface area contributed by atoms with Crippen molar-refractivity contribution in [2.24, 2.45) is 4.99 Å². The molecule has 0 saturated heterocycles. The van der Waals surface area contributed by atoms with Gasteiger partial charge in [-0.25, -0.2) is 0 Å². The Balaban J connectivity index is 2.00. The first-order valence-electron chi connectivity index (χ1n) is 8.20. The predicted octanol–water partition coefficient (Wildman–Crippen LogP) is 3.74. The molecule has 0 spiro atoms. The molecule has 0 aliphatic heterocycles. The lowest BCUT2D eigenvalue weighted by Crippen LogP contribution is -2.38. The molecule has 0 aromatic heterocycles. The Kier molecular flexibility index (Phi) is 6.24. The van der Waals surface area contributed by atoms with Crippen molar-refractivity contribution in [3.63, 3.8) is 0 Å². The Morgan fingerprint density at radius 1 is 1.17 bits per heavy atom. The molecule has 24 heavy (non-hydrogen) atoms. The molecule has 2 aromatic rings. The molecule has 0 fully saturated rings. The van der Waals surface area contributed by atoms with Crippen LogP contribution in [0.3, 0.4) is 0 Å². The monoisotopic (exact) mass is 325 g/mol. The van der Waals surface area contributed by atoms with E-state index in [9.17, 15) is 0 Å². The minimum Gasteiger partial charge on any atom is -0.497 e. The summed E-state index contributed by atoms with van der Waals surface area (Å²) >= 11 is 0. The van der Waals surface area contributed by atoms with E-state index in [2.05, 4.69) is 66.7 Å². The van der Waals surface area contributed by atoms with Gasteiger partial charge in [-0.3, -0.25) is 4.99 Å². The van der Waals surface area contributed by atoms with E-state index in [1.165, 1.54) is 22.3 Å². The molecule has 0 radical (unpaired) electrons. The van der Waals surface area contributed by atoms with Gasteiger partial charge in [0.1, 0.15) is 5.75 Å². The fourth-order valence-corrected chi connectivity index (χ4v) is 2.78. The first kappa shape index (κ1) is 17.9. The summed E-state index contributed by atoms with van der Waals surface area (Å²) in [5, 5.41) is 6.81. The van der Waals surface area contributed by atoms with Gasteiger partial charge in [0.15, 0.2) is 5.96 Å². The third kappa shape index (κ3) is 4.75. The van der Waals surface area contributed by atoms with Crippen LogP contribution in [0.2, 0.25) is 0 Å². The number of hydrogen-bond donors (Lipinski definition) is 2. The zero-order valence-electron chi connectivity index (χ0n) is 15.2. The summed E-state index contributed by atoms with van der Waals surface area (Å²) in [4.78, 5) is 4.33. The summed E-state index contributed by atoms with van der Waals surface area (Å²) in [7, 11) is 3.48. The van der Waals surface area contributed by atoms with E-state index in [1.807, 2.05) is 12.1 Å². The van der Waals surface area contributed by atoms with Gasteiger partial charge in [-0.1, -0.05) is 30.3 Å². The molecule has 1 unspecified atom stereocenters. The summed E-state index contributed by atoms with van der Waals surface area (Å²) in [5.41, 5.74) is 4.90. The first-order valence-corrected chi connectivity index (χ1v) is 8.20. The Hall–Kier alpha value is -2.49. The summed E-state index contributed by atoms with van der Waals surface area (Å²) in [6.07, 6.45) is 0. The van der Waals surface area contributed by atoms with Crippen molar-refractivity contribution in [1.82, 2.24) is 10.6 Å². The van der Waals surface area contributed by atoms with Gasteiger partial charge in [-0.2, -0.15) is 0 Å². The Bertz CT molecular complexity index is 710. The van der Waals surface area contributed by atoms with E-state index in [0.29, 0.717) is 6.54 Å². The molecule has 0 saturated carbocycles. The van der Waals surface area contributed by atoms with Gasteiger partial charge in [0, 0.05) is 13.6 Å². The number of nitrogens with zero attached hydrogens (tertiary/aromatic N) is 1. The molecule has 2 rings (SSSR count). The van der Waals surface area contributed by atoms with Crippen LogP contribution >= 0.6 is 0 Å². The van der Waals surface area contributed by atoms with Crippen molar-refractivity contribution in [2.75, 3.05) is 14.2 Å². The molecule has 0 amide bonds. The largest absolute Gasteiger partial charge is 0.497 e. The molecular weight excluding hydrogens is 298 g/mol. The number of benzene rings is 2. The zero-order chi connectivity index (χ0) is 17.5. The first-order chi connectivity index (χ1) is 11.5. The smallest absolute Gasteiger partial charge is 0.191 e. The molecule has 4 nitrogen and oxygen atoms in total. The average Bonchev–Trinajstić information content (AvgIpc) is 2.58. The predicted molar refractivity (Wildman–Crippen MR) is 101 cm³/mol. The summed E-state index contributed by atoms with van der Waals surface area (Å²) < 4.78 is 5.33. The van der Waals surface area contributed by atoms with Crippen LogP contribution in [0, 0.1) is 13.8 Å². The standard InChI is InChI=1S/C20H27N3O/c1-14-10-17(12-18(11-14)24-5)13-22-20(21-4)23-16(3)19-9-7-6-8-15(19)2/h6-12,16H,13H2,1-5H3,(H2,21,22,23). The number of aliphatic imine (C=N–C) groups is 1. The number of guanidine groups is 1. The topological polar surface area (TPSA) is 45.7 Å². The van der Waals surface area contributed by atoms with Gasteiger partial charge in [0.05, 0.1) is 13.2 Å². The lowest BCUT2D eigenvalue weighted by molar-refractivity contribution is 0.414. The van der Waals surface area contributed by atoms with Crippen molar-refractivity contribution in [3.8, 4) is 5.75 Å². The SMILES string of the molecule is CN=C(NCc1cc(C)cc(OC)c1)NC(C)c1ccccc1C. The number of methoxy groups -OCH3 is 1. The van der Waals surface area contributed by atoms with E-state index in [0.717, 1.165) is 11.7 Å².